The van der Waals surface area contributed by atoms with Crippen LogP contribution in [0.15, 0.2) is 64.3 Å². The summed E-state index contributed by atoms with van der Waals surface area (Å²) in [6.07, 6.45) is -8.60. The molecule has 17 heteroatoms. The van der Waals surface area contributed by atoms with Crippen LogP contribution in [0.4, 0.5) is 37.7 Å². The summed E-state index contributed by atoms with van der Waals surface area (Å²) in [4.78, 5) is 27.3. The predicted molar refractivity (Wildman–Crippen MR) is 137 cm³/mol. The number of halogens is 6. The van der Waals surface area contributed by atoms with Gasteiger partial charge in [0.05, 0.1) is 11.1 Å². The van der Waals surface area contributed by atoms with Crippen LogP contribution in [0.1, 0.15) is 11.1 Å². The number of aromatic hydroxyl groups is 1. The normalized spacial score (nSPS) is 12.0. The van der Waals surface area contributed by atoms with E-state index in [1.54, 1.807) is 24.3 Å². The quantitative estimate of drug-likeness (QED) is 0.125. The first kappa shape index (κ1) is 29.0. The van der Waals surface area contributed by atoms with Crippen molar-refractivity contribution in [2.45, 2.75) is 12.4 Å². The number of benzene rings is 2. The van der Waals surface area contributed by atoms with Gasteiger partial charge < -0.3 is 19.9 Å². The summed E-state index contributed by atoms with van der Waals surface area (Å²) >= 11 is 0. The van der Waals surface area contributed by atoms with Gasteiger partial charge in [0.1, 0.15) is 24.7 Å². The Labute approximate surface area is 235 Å². The molecule has 0 amide bonds. The van der Waals surface area contributed by atoms with E-state index in [9.17, 15) is 41.0 Å². The van der Waals surface area contributed by atoms with E-state index in [1.807, 2.05) is 0 Å². The number of nitrogens with zero attached hydrogens (tertiary/aromatic N) is 4. The van der Waals surface area contributed by atoms with Gasteiger partial charge in [-0.05, 0) is 58.5 Å². The molecule has 0 radical (unpaired) electrons. The molecular formula is C26H16F6N6O5. The summed E-state index contributed by atoms with van der Waals surface area (Å²) in [5.74, 6) is -0.971. The van der Waals surface area contributed by atoms with Gasteiger partial charge in [0.2, 0.25) is 5.88 Å². The number of nitrogens with one attached hydrogen (secondary N) is 2. The minimum absolute atomic E-state index is 0.000877. The lowest BCUT2D eigenvalue weighted by atomic mass is 10.0. The molecule has 222 valence electrons. The number of hydrogen-bond acceptors (Lipinski definition) is 10. The van der Waals surface area contributed by atoms with E-state index in [0.29, 0.717) is 34.5 Å². The third-order valence-electron chi connectivity index (χ3n) is 5.94. The Balaban J connectivity index is 1.28. The van der Waals surface area contributed by atoms with Gasteiger partial charge in [0, 0.05) is 29.1 Å². The Bertz CT molecular complexity index is 1800. The van der Waals surface area contributed by atoms with Crippen LogP contribution in [0.25, 0.3) is 22.5 Å². The maximum absolute atomic E-state index is 13.0. The van der Waals surface area contributed by atoms with E-state index in [2.05, 4.69) is 30.9 Å². The zero-order valence-corrected chi connectivity index (χ0v) is 21.2. The van der Waals surface area contributed by atoms with Crippen molar-refractivity contribution in [3.63, 3.8) is 0 Å². The van der Waals surface area contributed by atoms with Gasteiger partial charge in [-0.15, -0.1) is 5.10 Å². The third kappa shape index (κ3) is 6.39. The summed E-state index contributed by atoms with van der Waals surface area (Å²) in [6.45, 7) is -0.633. The number of tetrazole rings is 1. The van der Waals surface area contributed by atoms with E-state index in [0.717, 1.165) is 0 Å². The van der Waals surface area contributed by atoms with Crippen molar-refractivity contribution in [3.8, 4) is 39.9 Å². The highest BCUT2D eigenvalue weighted by atomic mass is 19.4. The number of H-pyrrole nitrogens is 1. The van der Waals surface area contributed by atoms with Gasteiger partial charge in [0.25, 0.3) is 10.9 Å². The third-order valence-corrected chi connectivity index (χ3v) is 5.94. The average Bonchev–Trinajstić information content (AvgIpc) is 3.52. The van der Waals surface area contributed by atoms with Crippen LogP contribution in [-0.2, 0) is 12.4 Å². The molecular weight excluding hydrogens is 590 g/mol. The molecule has 0 atom stereocenters. The maximum Gasteiger partial charge on any atom is 0.416 e. The number of hydrogen-bond donors (Lipinski definition) is 3. The topological polar surface area (TPSA) is 152 Å². The summed E-state index contributed by atoms with van der Waals surface area (Å²) in [6, 6.07) is 8.83. The first-order valence-corrected chi connectivity index (χ1v) is 12.0. The van der Waals surface area contributed by atoms with Gasteiger partial charge >= 0.3 is 12.4 Å². The molecule has 3 N–H and O–H groups in total. The van der Waals surface area contributed by atoms with Crippen molar-refractivity contribution in [3.05, 3.63) is 86.3 Å². The molecule has 11 nitrogen and oxygen atoms in total. The van der Waals surface area contributed by atoms with Gasteiger partial charge in [0.15, 0.2) is 11.6 Å². The molecule has 0 saturated heterocycles. The molecule has 0 fully saturated rings. The molecule has 5 aromatic rings. The fraction of sp³-hybridized carbons (Fsp3) is 0.154. The highest BCUT2D eigenvalue weighted by Crippen LogP contribution is 2.38. The lowest BCUT2D eigenvalue weighted by Gasteiger charge is -2.15. The zero-order valence-electron chi connectivity index (χ0n) is 21.2. The fourth-order valence-electron chi connectivity index (χ4n) is 3.88. The summed E-state index contributed by atoms with van der Waals surface area (Å²) in [7, 11) is 0. The van der Waals surface area contributed by atoms with Gasteiger partial charge in [-0.3, -0.25) is 9.59 Å². The number of anilines is 2. The van der Waals surface area contributed by atoms with Gasteiger partial charge in [-0.25, -0.2) is 10.1 Å². The molecule has 2 aromatic heterocycles. The fourth-order valence-corrected chi connectivity index (χ4v) is 3.88. The second kappa shape index (κ2) is 11.1. The molecule has 0 aliphatic carbocycles. The van der Waals surface area contributed by atoms with Crippen LogP contribution in [-0.4, -0.2) is 43.9 Å². The molecule has 3 aromatic carbocycles. The van der Waals surface area contributed by atoms with Crippen LogP contribution in [0.2, 0.25) is 0 Å². The van der Waals surface area contributed by atoms with Crippen LogP contribution in [0.3, 0.4) is 0 Å². The van der Waals surface area contributed by atoms with Crippen LogP contribution >= 0.6 is 0 Å². The molecule has 43 heavy (non-hydrogen) atoms. The Morgan fingerprint density at radius 2 is 1.49 bits per heavy atom. The maximum atomic E-state index is 13.0. The van der Waals surface area contributed by atoms with Crippen molar-refractivity contribution in [1.29, 1.82) is 0 Å². The number of aromatic nitrogens is 5. The zero-order chi connectivity index (χ0) is 30.9. The number of rotatable bonds is 9. The van der Waals surface area contributed by atoms with E-state index in [-0.39, 0.29) is 36.7 Å². The monoisotopic (exact) mass is 606 g/mol. The van der Waals surface area contributed by atoms with Crippen molar-refractivity contribution in [1.82, 2.24) is 25.6 Å². The standard InChI is InChI=1S/C26H16F6N6O5/c27-25(28,29)15-8-16(26(30,31)32)10-18(9-15)42-3-4-43-19-2-1-12(11-33-19)13-5-14(24-35-37-38-36-24)7-17(6-13)34-20-21(39)23(41)22(20)40/h1-2,5-11,34,39H,3-4H2,(H,35,36,37,38). The van der Waals surface area contributed by atoms with Crippen molar-refractivity contribution < 1.29 is 40.9 Å². The average molecular weight is 606 g/mol. The second-order valence-electron chi connectivity index (χ2n) is 8.88. The molecule has 0 unspecified atom stereocenters. The molecule has 5 rings (SSSR count). The highest BCUT2D eigenvalue weighted by molar-refractivity contribution is 5.79. The van der Waals surface area contributed by atoms with Crippen LogP contribution in [0, 0.1) is 0 Å². The van der Waals surface area contributed by atoms with Crippen LogP contribution in [0.5, 0.6) is 17.4 Å². The number of ether oxygens (including phenoxy) is 2. The lowest BCUT2D eigenvalue weighted by Crippen LogP contribution is -2.32. The molecule has 0 aliphatic heterocycles. The number of pyridine rings is 1. The van der Waals surface area contributed by atoms with E-state index in [4.69, 9.17) is 9.47 Å². The molecule has 0 spiro atoms. The smallest absolute Gasteiger partial charge is 0.416 e. The Hall–Kier alpha value is -5.48. The lowest BCUT2D eigenvalue weighted by molar-refractivity contribution is -0.143. The predicted octanol–water partition coefficient (Wildman–Crippen LogP) is 4.47. The largest absolute Gasteiger partial charge is 0.502 e. The summed E-state index contributed by atoms with van der Waals surface area (Å²) < 4.78 is 88.7. The summed E-state index contributed by atoms with van der Waals surface area (Å²) in [5, 5.41) is 25.9. The number of aromatic amines is 1. The summed E-state index contributed by atoms with van der Waals surface area (Å²) in [5.41, 5.74) is -3.29. The Morgan fingerprint density at radius 3 is 2.07 bits per heavy atom. The van der Waals surface area contributed by atoms with E-state index >= 15 is 0 Å². The molecule has 2 heterocycles. The highest BCUT2D eigenvalue weighted by Gasteiger charge is 2.37. The minimum Gasteiger partial charge on any atom is -0.502 e. The molecule has 0 saturated carbocycles. The Kier molecular flexibility index (Phi) is 7.47. The van der Waals surface area contributed by atoms with Crippen molar-refractivity contribution >= 4 is 11.4 Å². The van der Waals surface area contributed by atoms with Crippen molar-refractivity contribution in [2.24, 2.45) is 0 Å². The van der Waals surface area contributed by atoms with Crippen LogP contribution < -0.4 is 25.6 Å². The first-order valence-electron chi connectivity index (χ1n) is 12.0. The SMILES string of the molecule is O=c1c(O)c(Nc2cc(-c3ccc(OCCOc4cc(C(F)(F)F)cc(C(F)(F)F)c4)nc3)cc(-c3nnn[nH]3)c2)c1=O. The van der Waals surface area contributed by atoms with E-state index < -0.39 is 45.8 Å². The van der Waals surface area contributed by atoms with Gasteiger partial charge in [-0.1, -0.05) is 0 Å². The van der Waals surface area contributed by atoms with Crippen molar-refractivity contribution in [2.75, 3.05) is 18.5 Å². The Morgan fingerprint density at radius 1 is 0.814 bits per heavy atom. The molecule has 0 bridgehead atoms. The number of alkyl halides is 6. The molecule has 0 aliphatic rings. The van der Waals surface area contributed by atoms with Gasteiger partial charge in [-0.2, -0.15) is 26.3 Å². The second-order valence-corrected chi connectivity index (χ2v) is 8.88. The first-order chi connectivity index (χ1) is 20.3. The minimum atomic E-state index is -5.00. The van der Waals surface area contributed by atoms with E-state index in [1.165, 1.54) is 12.3 Å².